The van der Waals surface area contributed by atoms with E-state index in [1.807, 2.05) is 0 Å². The third-order valence-corrected chi connectivity index (χ3v) is 9.28. The lowest BCUT2D eigenvalue weighted by atomic mass is 9.81. The van der Waals surface area contributed by atoms with Crippen LogP contribution in [0.3, 0.4) is 0 Å². The highest BCUT2D eigenvalue weighted by molar-refractivity contribution is 9.14. The number of methoxy groups -OCH3 is 6. The number of hydrogen-bond donors (Lipinski definition) is 0. The average molecular weight is 724 g/mol. The third kappa shape index (κ3) is 5.08. The van der Waals surface area contributed by atoms with E-state index in [0.29, 0.717) is 54.6 Å². The zero-order valence-electron chi connectivity index (χ0n) is 21.4. The smallest absolute Gasteiger partial charge is 0.269 e. The summed E-state index contributed by atoms with van der Waals surface area (Å²) < 4.78 is 42.0. The van der Waals surface area contributed by atoms with Gasteiger partial charge in [-0.25, -0.2) is 0 Å². The van der Waals surface area contributed by atoms with E-state index in [-0.39, 0.29) is 12.3 Å². The highest BCUT2D eigenvalue weighted by atomic mass is 79.9. The number of nitro benzene ring substituents is 1. The summed E-state index contributed by atoms with van der Waals surface area (Å²) in [7, 11) is 9.14. The molecule has 0 spiro atoms. The second-order valence-corrected chi connectivity index (χ2v) is 10.3. The summed E-state index contributed by atoms with van der Waals surface area (Å²) >= 11 is 11.1. The molecule has 206 valence electrons. The van der Waals surface area contributed by atoms with Crippen molar-refractivity contribution >= 4 is 53.5 Å². The van der Waals surface area contributed by atoms with E-state index in [9.17, 15) is 10.1 Å². The molecule has 10 nitrogen and oxygen atoms in total. The van der Waals surface area contributed by atoms with Crippen molar-refractivity contribution in [2.75, 3.05) is 42.7 Å². The zero-order chi connectivity index (χ0) is 28.2. The number of nitrogens with zero attached hydrogens (tertiary/aromatic N) is 1. The van der Waals surface area contributed by atoms with Crippen LogP contribution in [0.2, 0.25) is 0 Å². The molecule has 13 heteroatoms. The molecule has 0 aliphatic heterocycles. The minimum absolute atomic E-state index is 0.0364. The van der Waals surface area contributed by atoms with Gasteiger partial charge in [0.25, 0.3) is 5.69 Å². The molecule has 0 saturated carbocycles. The van der Waals surface area contributed by atoms with Gasteiger partial charge < -0.3 is 33.2 Å². The maximum Gasteiger partial charge on any atom is 0.269 e. The molecule has 0 heterocycles. The first-order chi connectivity index (χ1) is 18.2. The average Bonchev–Trinajstić information content (AvgIpc) is 2.93. The first-order valence-corrected chi connectivity index (χ1v) is 13.4. The van der Waals surface area contributed by atoms with Crippen LogP contribution in [0.15, 0.2) is 56.6 Å². The van der Waals surface area contributed by atoms with Crippen molar-refractivity contribution in [3.05, 3.63) is 77.8 Å². The van der Waals surface area contributed by atoms with Crippen LogP contribution < -0.4 is 14.2 Å². The van der Waals surface area contributed by atoms with Gasteiger partial charge in [0.15, 0.2) is 28.6 Å². The molecular weight excluding hydrogens is 698 g/mol. The van der Waals surface area contributed by atoms with E-state index in [4.69, 9.17) is 33.2 Å². The highest BCUT2D eigenvalue weighted by Gasteiger charge is 2.55. The standard InChI is InChI=1S/C25H26Br3NO9/c1-32-16-11-13(12-38-15-9-7-14(8-10-15)29(30)31)17(18(26)20(16)33-2)25(37-6)23(28)19(27)21(34-3)22(35-4)24(25)36-5/h7-11,23H,12H2,1-6H3. The lowest BCUT2D eigenvalue weighted by Crippen LogP contribution is -2.46. The maximum atomic E-state index is 11.0. The van der Waals surface area contributed by atoms with Gasteiger partial charge in [0, 0.05) is 30.4 Å². The molecule has 3 rings (SSSR count). The summed E-state index contributed by atoms with van der Waals surface area (Å²) in [6.45, 7) is 0.0364. The summed E-state index contributed by atoms with van der Waals surface area (Å²) in [6, 6.07) is 7.58. The van der Waals surface area contributed by atoms with Gasteiger partial charge in [-0.15, -0.1) is 0 Å². The SMILES string of the molecule is COC1=C(Br)C(Br)C(OC)(c2c(COc3ccc([N+](=O)[O-])cc3)cc(OC)c(OC)c2Br)C(OC)=C1OC. The van der Waals surface area contributed by atoms with Crippen LogP contribution in [0.5, 0.6) is 17.2 Å². The second-order valence-electron chi connectivity index (χ2n) is 7.75. The molecule has 0 radical (unpaired) electrons. The molecule has 0 N–H and O–H groups in total. The monoisotopic (exact) mass is 721 g/mol. The number of hydrogen-bond acceptors (Lipinski definition) is 9. The topological polar surface area (TPSA) is 108 Å². The normalized spacial score (nSPS) is 19.2. The summed E-state index contributed by atoms with van der Waals surface area (Å²) in [5.74, 6) is 2.38. The molecule has 0 amide bonds. The number of non-ortho nitro benzene ring substituents is 1. The summed E-state index contributed by atoms with van der Waals surface area (Å²) in [5.41, 5.74) is -0.125. The third-order valence-electron chi connectivity index (χ3n) is 5.99. The molecule has 38 heavy (non-hydrogen) atoms. The van der Waals surface area contributed by atoms with E-state index in [2.05, 4.69) is 47.8 Å². The van der Waals surface area contributed by atoms with E-state index < -0.39 is 15.4 Å². The minimum atomic E-state index is -1.33. The molecule has 0 aromatic heterocycles. The maximum absolute atomic E-state index is 11.0. The fourth-order valence-electron chi connectivity index (χ4n) is 4.29. The van der Waals surface area contributed by atoms with Crippen molar-refractivity contribution < 1.29 is 38.1 Å². The highest BCUT2D eigenvalue weighted by Crippen LogP contribution is 2.56. The Balaban J connectivity index is 2.29. The number of rotatable bonds is 11. The van der Waals surface area contributed by atoms with Gasteiger partial charge in [-0.1, -0.05) is 31.9 Å². The Labute approximate surface area is 245 Å². The predicted octanol–water partition coefficient (Wildman–Crippen LogP) is 6.33. The molecule has 2 atom stereocenters. The summed E-state index contributed by atoms with van der Waals surface area (Å²) in [6.07, 6.45) is 0. The Bertz CT molecular complexity index is 1260. The molecule has 1 aliphatic carbocycles. The number of ether oxygens (including phenoxy) is 7. The largest absolute Gasteiger partial charge is 0.494 e. The number of benzene rings is 2. The van der Waals surface area contributed by atoms with Gasteiger partial charge in [-0.3, -0.25) is 10.1 Å². The fourth-order valence-corrected chi connectivity index (χ4v) is 6.69. The molecule has 0 saturated heterocycles. The van der Waals surface area contributed by atoms with Crippen LogP contribution in [0.1, 0.15) is 11.1 Å². The van der Waals surface area contributed by atoms with Crippen LogP contribution in [-0.4, -0.2) is 52.4 Å². The van der Waals surface area contributed by atoms with Gasteiger partial charge in [-0.05, 0) is 34.1 Å². The Morgan fingerprint density at radius 2 is 1.55 bits per heavy atom. The number of alkyl halides is 1. The van der Waals surface area contributed by atoms with Crippen molar-refractivity contribution in [2.24, 2.45) is 0 Å². The molecule has 2 aromatic carbocycles. The van der Waals surface area contributed by atoms with Gasteiger partial charge >= 0.3 is 0 Å². The lowest BCUT2D eigenvalue weighted by molar-refractivity contribution is -0.384. The molecule has 1 aliphatic rings. The first-order valence-electron chi connectivity index (χ1n) is 10.9. The Kier molecular flexibility index (Phi) is 9.96. The Morgan fingerprint density at radius 3 is 2.03 bits per heavy atom. The Morgan fingerprint density at radius 1 is 0.921 bits per heavy atom. The van der Waals surface area contributed by atoms with Crippen LogP contribution in [0.25, 0.3) is 0 Å². The van der Waals surface area contributed by atoms with Gasteiger partial charge in [0.2, 0.25) is 5.76 Å². The van der Waals surface area contributed by atoms with Crippen molar-refractivity contribution in [2.45, 2.75) is 17.0 Å². The van der Waals surface area contributed by atoms with Gasteiger partial charge in [0.05, 0.1) is 54.3 Å². The van der Waals surface area contributed by atoms with Crippen molar-refractivity contribution in [1.29, 1.82) is 0 Å². The second kappa shape index (κ2) is 12.6. The molecule has 0 fully saturated rings. The lowest BCUT2D eigenvalue weighted by Gasteiger charge is -2.43. The fraction of sp³-hybridized carbons (Fsp3) is 0.360. The summed E-state index contributed by atoms with van der Waals surface area (Å²) in [5, 5.41) is 11.0. The van der Waals surface area contributed by atoms with E-state index in [1.54, 1.807) is 13.2 Å². The van der Waals surface area contributed by atoms with E-state index in [1.165, 1.54) is 59.8 Å². The molecular formula is C25H26Br3NO9. The van der Waals surface area contributed by atoms with Crippen molar-refractivity contribution in [3.8, 4) is 17.2 Å². The quantitative estimate of drug-likeness (QED) is 0.149. The van der Waals surface area contributed by atoms with Gasteiger partial charge in [-0.2, -0.15) is 0 Å². The van der Waals surface area contributed by atoms with Crippen molar-refractivity contribution in [3.63, 3.8) is 0 Å². The van der Waals surface area contributed by atoms with Crippen LogP contribution >= 0.6 is 47.8 Å². The molecule has 2 aromatic rings. The van der Waals surface area contributed by atoms with Crippen LogP contribution in [-0.2, 0) is 31.2 Å². The molecule has 2 unspecified atom stereocenters. The number of nitro groups is 1. The van der Waals surface area contributed by atoms with Crippen LogP contribution in [0, 0.1) is 10.1 Å². The van der Waals surface area contributed by atoms with Crippen molar-refractivity contribution in [1.82, 2.24) is 0 Å². The summed E-state index contributed by atoms with van der Waals surface area (Å²) in [4.78, 5) is 10.0. The predicted molar refractivity (Wildman–Crippen MR) is 150 cm³/mol. The first kappa shape index (κ1) is 30.1. The number of halogens is 3. The minimum Gasteiger partial charge on any atom is -0.494 e. The Hall–Kier alpha value is -2.48. The van der Waals surface area contributed by atoms with E-state index >= 15 is 0 Å². The van der Waals surface area contributed by atoms with E-state index in [0.717, 1.165) is 0 Å². The van der Waals surface area contributed by atoms with Crippen LogP contribution in [0.4, 0.5) is 5.69 Å². The van der Waals surface area contributed by atoms with Gasteiger partial charge in [0.1, 0.15) is 12.4 Å². The molecule has 0 bridgehead atoms. The zero-order valence-corrected chi connectivity index (χ0v) is 26.2.